The summed E-state index contributed by atoms with van der Waals surface area (Å²) in [6, 6.07) is 9.08. The van der Waals surface area contributed by atoms with Crippen molar-refractivity contribution in [3.63, 3.8) is 0 Å². The third kappa shape index (κ3) is 3.38. The highest BCUT2D eigenvalue weighted by atomic mass is 16.2. The first-order chi connectivity index (χ1) is 7.65. The average molecular weight is 220 g/mol. The summed E-state index contributed by atoms with van der Waals surface area (Å²) in [5, 5.41) is 5.29. The van der Waals surface area contributed by atoms with Gasteiger partial charge in [-0.25, -0.2) is 0 Å². The fourth-order valence-corrected chi connectivity index (χ4v) is 1.22. The molecular formula is C12H16N2O2. The first-order valence-corrected chi connectivity index (χ1v) is 5.28. The largest absolute Gasteiger partial charge is 0.356 e. The van der Waals surface area contributed by atoms with Crippen LogP contribution in [-0.4, -0.2) is 18.4 Å². The van der Waals surface area contributed by atoms with E-state index in [9.17, 15) is 9.59 Å². The number of carbonyl (C=O) groups is 2. The van der Waals surface area contributed by atoms with E-state index < -0.39 is 5.92 Å². The Morgan fingerprint density at radius 1 is 1.19 bits per heavy atom. The average Bonchev–Trinajstić information content (AvgIpc) is 2.29. The van der Waals surface area contributed by atoms with Crippen molar-refractivity contribution in [3.05, 3.63) is 30.3 Å². The molecule has 0 heterocycles. The Morgan fingerprint density at radius 2 is 1.81 bits per heavy atom. The van der Waals surface area contributed by atoms with Gasteiger partial charge in [-0.2, -0.15) is 0 Å². The molecule has 2 amide bonds. The Kier molecular flexibility index (Phi) is 4.51. The molecule has 0 aliphatic heterocycles. The fraction of sp³-hybridized carbons (Fsp3) is 0.333. The minimum Gasteiger partial charge on any atom is -0.356 e. The lowest BCUT2D eigenvalue weighted by atomic mass is 10.1. The summed E-state index contributed by atoms with van der Waals surface area (Å²) in [5.74, 6) is -1.23. The van der Waals surface area contributed by atoms with E-state index >= 15 is 0 Å². The Labute approximate surface area is 95.0 Å². The molecule has 1 rings (SSSR count). The minimum absolute atomic E-state index is 0.254. The number of para-hydroxylation sites is 1. The molecule has 1 unspecified atom stereocenters. The van der Waals surface area contributed by atoms with E-state index in [-0.39, 0.29) is 11.8 Å². The van der Waals surface area contributed by atoms with Crippen molar-refractivity contribution in [1.29, 1.82) is 0 Å². The van der Waals surface area contributed by atoms with Crippen molar-refractivity contribution in [3.8, 4) is 0 Å². The molecular weight excluding hydrogens is 204 g/mol. The maximum Gasteiger partial charge on any atom is 0.236 e. The molecule has 2 N–H and O–H groups in total. The van der Waals surface area contributed by atoms with Crippen molar-refractivity contribution < 1.29 is 9.59 Å². The molecule has 0 saturated carbocycles. The van der Waals surface area contributed by atoms with Gasteiger partial charge in [-0.15, -0.1) is 0 Å². The lowest BCUT2D eigenvalue weighted by Gasteiger charge is -2.11. The zero-order chi connectivity index (χ0) is 12.0. The highest BCUT2D eigenvalue weighted by molar-refractivity contribution is 6.06. The highest BCUT2D eigenvalue weighted by Crippen LogP contribution is 2.07. The topological polar surface area (TPSA) is 58.2 Å². The maximum atomic E-state index is 11.7. The number of carbonyl (C=O) groups excluding carboxylic acids is 2. The molecule has 86 valence electrons. The van der Waals surface area contributed by atoms with E-state index in [4.69, 9.17) is 0 Å². The van der Waals surface area contributed by atoms with Crippen LogP contribution in [0.5, 0.6) is 0 Å². The lowest BCUT2D eigenvalue weighted by Crippen LogP contribution is -2.36. The van der Waals surface area contributed by atoms with Crippen LogP contribution in [0.4, 0.5) is 5.69 Å². The van der Waals surface area contributed by atoms with Gasteiger partial charge in [0.2, 0.25) is 11.8 Å². The van der Waals surface area contributed by atoms with Gasteiger partial charge in [0.25, 0.3) is 0 Å². The van der Waals surface area contributed by atoms with Gasteiger partial charge in [0, 0.05) is 12.2 Å². The van der Waals surface area contributed by atoms with Crippen LogP contribution in [0.1, 0.15) is 13.8 Å². The summed E-state index contributed by atoms with van der Waals surface area (Å²) in [4.78, 5) is 23.1. The number of anilines is 1. The van der Waals surface area contributed by atoms with E-state index in [0.29, 0.717) is 12.2 Å². The van der Waals surface area contributed by atoms with E-state index in [0.717, 1.165) is 0 Å². The second-order valence-corrected chi connectivity index (χ2v) is 3.47. The van der Waals surface area contributed by atoms with Crippen LogP contribution >= 0.6 is 0 Å². The Balaban J connectivity index is 2.56. The predicted molar refractivity (Wildman–Crippen MR) is 62.9 cm³/mol. The minimum atomic E-state index is -0.680. The van der Waals surface area contributed by atoms with Gasteiger partial charge in [0.05, 0.1) is 0 Å². The molecule has 0 fully saturated rings. The molecule has 4 nitrogen and oxygen atoms in total. The van der Waals surface area contributed by atoms with Gasteiger partial charge < -0.3 is 10.6 Å². The molecule has 0 aliphatic carbocycles. The summed E-state index contributed by atoms with van der Waals surface area (Å²) >= 11 is 0. The van der Waals surface area contributed by atoms with Crippen molar-refractivity contribution in [2.45, 2.75) is 13.8 Å². The van der Waals surface area contributed by atoms with Crippen LogP contribution < -0.4 is 10.6 Å². The summed E-state index contributed by atoms with van der Waals surface area (Å²) in [6.45, 7) is 3.94. The normalized spacial score (nSPS) is 11.6. The Hall–Kier alpha value is -1.84. The number of nitrogens with one attached hydrogen (secondary N) is 2. The van der Waals surface area contributed by atoms with Crippen LogP contribution in [0, 0.1) is 5.92 Å². The summed E-state index contributed by atoms with van der Waals surface area (Å²) in [6.07, 6.45) is 0. The number of hydrogen-bond acceptors (Lipinski definition) is 2. The molecule has 1 atom stereocenters. The SMILES string of the molecule is CCNC(=O)C(C)C(=O)Nc1ccccc1. The standard InChI is InChI=1S/C12H16N2O2/c1-3-13-11(15)9(2)12(16)14-10-7-5-4-6-8-10/h4-9H,3H2,1-2H3,(H,13,15)(H,14,16). The molecule has 4 heteroatoms. The molecule has 0 aromatic heterocycles. The maximum absolute atomic E-state index is 11.7. The van der Waals surface area contributed by atoms with E-state index in [1.165, 1.54) is 0 Å². The van der Waals surface area contributed by atoms with E-state index in [1.807, 2.05) is 25.1 Å². The van der Waals surface area contributed by atoms with E-state index in [2.05, 4.69) is 10.6 Å². The van der Waals surface area contributed by atoms with Gasteiger partial charge in [-0.1, -0.05) is 18.2 Å². The smallest absolute Gasteiger partial charge is 0.236 e. The molecule has 0 spiro atoms. The summed E-state index contributed by atoms with van der Waals surface area (Å²) in [5.41, 5.74) is 0.698. The Bertz CT molecular complexity index is 363. The molecule has 0 bridgehead atoms. The summed E-state index contributed by atoms with van der Waals surface area (Å²) < 4.78 is 0. The van der Waals surface area contributed by atoms with Gasteiger partial charge in [-0.05, 0) is 26.0 Å². The van der Waals surface area contributed by atoms with Crippen molar-refractivity contribution in [2.24, 2.45) is 5.92 Å². The van der Waals surface area contributed by atoms with E-state index in [1.54, 1.807) is 19.1 Å². The quantitative estimate of drug-likeness (QED) is 0.753. The zero-order valence-corrected chi connectivity index (χ0v) is 9.49. The predicted octanol–water partition coefficient (Wildman–Crippen LogP) is 1.40. The van der Waals surface area contributed by atoms with Crippen LogP contribution in [0.2, 0.25) is 0 Å². The van der Waals surface area contributed by atoms with Gasteiger partial charge >= 0.3 is 0 Å². The molecule has 1 aromatic rings. The second kappa shape index (κ2) is 5.90. The number of hydrogen-bond donors (Lipinski definition) is 2. The third-order valence-corrected chi connectivity index (χ3v) is 2.18. The highest BCUT2D eigenvalue weighted by Gasteiger charge is 2.20. The van der Waals surface area contributed by atoms with Crippen molar-refractivity contribution in [1.82, 2.24) is 5.32 Å². The lowest BCUT2D eigenvalue weighted by molar-refractivity contribution is -0.131. The third-order valence-electron chi connectivity index (χ3n) is 2.18. The monoisotopic (exact) mass is 220 g/mol. The number of rotatable bonds is 4. The van der Waals surface area contributed by atoms with Gasteiger partial charge in [0.15, 0.2) is 0 Å². The fourth-order valence-electron chi connectivity index (χ4n) is 1.22. The Morgan fingerprint density at radius 3 is 2.38 bits per heavy atom. The van der Waals surface area contributed by atoms with Crippen LogP contribution in [0.15, 0.2) is 30.3 Å². The van der Waals surface area contributed by atoms with Crippen molar-refractivity contribution >= 4 is 17.5 Å². The van der Waals surface area contributed by atoms with Gasteiger partial charge in [0.1, 0.15) is 5.92 Å². The van der Waals surface area contributed by atoms with Crippen molar-refractivity contribution in [2.75, 3.05) is 11.9 Å². The van der Waals surface area contributed by atoms with Gasteiger partial charge in [-0.3, -0.25) is 9.59 Å². The van der Waals surface area contributed by atoms with Crippen LogP contribution in [0.3, 0.4) is 0 Å². The molecule has 1 aromatic carbocycles. The first kappa shape index (κ1) is 12.2. The second-order valence-electron chi connectivity index (χ2n) is 3.47. The number of benzene rings is 1. The molecule has 16 heavy (non-hydrogen) atoms. The molecule has 0 aliphatic rings. The van der Waals surface area contributed by atoms with Crippen LogP contribution in [0.25, 0.3) is 0 Å². The molecule has 0 saturated heterocycles. The first-order valence-electron chi connectivity index (χ1n) is 5.28. The van der Waals surface area contributed by atoms with Crippen LogP contribution in [-0.2, 0) is 9.59 Å². The zero-order valence-electron chi connectivity index (χ0n) is 9.49. The number of amides is 2. The molecule has 0 radical (unpaired) electrons. The summed E-state index contributed by atoms with van der Waals surface area (Å²) in [7, 11) is 0.